The molecule has 2 heterocycles. The van der Waals surface area contributed by atoms with E-state index < -0.39 is 0 Å². The van der Waals surface area contributed by atoms with Crippen molar-refractivity contribution in [2.75, 3.05) is 5.73 Å². The van der Waals surface area contributed by atoms with Crippen LogP contribution in [0.1, 0.15) is 11.1 Å². The largest absolute Gasteiger partial charge is 0.399 e. The van der Waals surface area contributed by atoms with Crippen molar-refractivity contribution in [2.45, 2.75) is 19.9 Å². The molecule has 0 atom stereocenters. The first-order valence-electron chi connectivity index (χ1n) is 8.85. The first kappa shape index (κ1) is 20.8. The van der Waals surface area contributed by atoms with Crippen molar-refractivity contribution in [1.29, 1.82) is 0 Å². The first-order chi connectivity index (χ1) is 13.5. The number of nitrogens with two attached hydrogens (primary N) is 1. The highest BCUT2D eigenvalue weighted by Crippen LogP contribution is 2.22. The van der Waals surface area contributed by atoms with Gasteiger partial charge in [0.2, 0.25) is 0 Å². The molecule has 148 valence electrons. The average Bonchev–Trinajstić information content (AvgIpc) is 2.70. The van der Waals surface area contributed by atoms with Crippen LogP contribution in [0.2, 0.25) is 5.02 Å². The summed E-state index contributed by atoms with van der Waals surface area (Å²) in [4.78, 5) is 26.1. The Hall–Kier alpha value is -2.96. The van der Waals surface area contributed by atoms with E-state index >= 15 is 0 Å². The lowest BCUT2D eigenvalue weighted by atomic mass is 10.1. The highest BCUT2D eigenvalue weighted by Gasteiger charge is 2.15. The van der Waals surface area contributed by atoms with E-state index in [2.05, 4.69) is 15.0 Å². The zero-order chi connectivity index (χ0) is 19.7. The van der Waals surface area contributed by atoms with Crippen LogP contribution >= 0.6 is 24.0 Å². The predicted molar refractivity (Wildman–Crippen MR) is 119 cm³/mol. The molecule has 0 aliphatic heterocycles. The third kappa shape index (κ3) is 4.23. The zero-order valence-corrected chi connectivity index (χ0v) is 17.2. The van der Waals surface area contributed by atoms with Crippen LogP contribution in [0.5, 0.6) is 0 Å². The minimum Gasteiger partial charge on any atom is -0.399 e. The van der Waals surface area contributed by atoms with Gasteiger partial charge in [0, 0.05) is 35.2 Å². The number of anilines is 1. The second kappa shape index (κ2) is 8.59. The van der Waals surface area contributed by atoms with Gasteiger partial charge in [-0.25, -0.2) is 15.0 Å². The van der Waals surface area contributed by atoms with Crippen LogP contribution in [0, 0.1) is 6.92 Å². The molecule has 4 rings (SSSR count). The van der Waals surface area contributed by atoms with E-state index in [1.165, 1.54) is 12.4 Å². The zero-order valence-electron chi connectivity index (χ0n) is 15.7. The molecule has 0 aliphatic rings. The van der Waals surface area contributed by atoms with Gasteiger partial charge in [-0.3, -0.25) is 9.36 Å². The lowest BCUT2D eigenvalue weighted by Gasteiger charge is -2.14. The van der Waals surface area contributed by atoms with Gasteiger partial charge in [-0.15, -0.1) is 12.4 Å². The Bertz CT molecular complexity index is 1220. The molecule has 29 heavy (non-hydrogen) atoms. The maximum atomic E-state index is 13.1. The van der Waals surface area contributed by atoms with Gasteiger partial charge >= 0.3 is 0 Å². The Morgan fingerprint density at radius 3 is 2.52 bits per heavy atom. The Balaban J connectivity index is 0.00000240. The van der Waals surface area contributed by atoms with Crippen LogP contribution < -0.4 is 11.3 Å². The Morgan fingerprint density at radius 2 is 1.79 bits per heavy atom. The van der Waals surface area contributed by atoms with Crippen molar-refractivity contribution in [2.24, 2.45) is 0 Å². The highest BCUT2D eigenvalue weighted by molar-refractivity contribution is 6.30. The Morgan fingerprint density at radius 1 is 1.07 bits per heavy atom. The van der Waals surface area contributed by atoms with Crippen molar-refractivity contribution < 1.29 is 0 Å². The molecule has 4 aromatic rings. The molecular weight excluding hydrogens is 409 g/mol. The molecular formula is C21H19Cl2N5O. The van der Waals surface area contributed by atoms with Gasteiger partial charge in [0.15, 0.2) is 11.2 Å². The summed E-state index contributed by atoms with van der Waals surface area (Å²) in [5.74, 6) is 0.551. The number of nitrogens with zero attached hydrogens (tertiary/aromatic N) is 4. The van der Waals surface area contributed by atoms with Gasteiger partial charge in [0.1, 0.15) is 5.82 Å². The molecule has 0 saturated carbocycles. The first-order valence-corrected chi connectivity index (χ1v) is 9.23. The molecule has 2 aromatic carbocycles. The van der Waals surface area contributed by atoms with Crippen LogP contribution in [-0.4, -0.2) is 19.5 Å². The molecule has 0 bridgehead atoms. The molecule has 8 heteroatoms. The van der Waals surface area contributed by atoms with Crippen molar-refractivity contribution in [3.8, 4) is 11.4 Å². The van der Waals surface area contributed by atoms with E-state index in [-0.39, 0.29) is 23.5 Å². The highest BCUT2D eigenvalue weighted by atomic mass is 35.5. The van der Waals surface area contributed by atoms with Crippen LogP contribution in [-0.2, 0) is 13.0 Å². The fraction of sp³-hybridized carbons (Fsp3) is 0.143. The topological polar surface area (TPSA) is 86.7 Å². The summed E-state index contributed by atoms with van der Waals surface area (Å²) in [5.41, 5.74) is 9.84. The second-order valence-electron chi connectivity index (χ2n) is 6.57. The number of aryl methyl sites for hydroxylation is 2. The van der Waals surface area contributed by atoms with E-state index in [0.717, 1.165) is 16.7 Å². The number of halogens is 2. The van der Waals surface area contributed by atoms with E-state index in [4.69, 9.17) is 17.3 Å². The van der Waals surface area contributed by atoms with E-state index in [0.29, 0.717) is 35.1 Å². The van der Waals surface area contributed by atoms with E-state index in [9.17, 15) is 4.79 Å². The summed E-state index contributed by atoms with van der Waals surface area (Å²) in [6, 6.07) is 13.2. The van der Waals surface area contributed by atoms with Gasteiger partial charge < -0.3 is 5.73 Å². The number of hydrogen-bond donors (Lipinski definition) is 1. The Labute approximate surface area is 178 Å². The third-order valence-electron chi connectivity index (χ3n) is 4.66. The van der Waals surface area contributed by atoms with Gasteiger partial charge in [-0.2, -0.15) is 0 Å². The fourth-order valence-corrected chi connectivity index (χ4v) is 3.21. The molecule has 0 spiro atoms. The molecule has 2 aromatic heterocycles. The number of aromatic nitrogens is 4. The average molecular weight is 428 g/mol. The standard InChI is InChI=1S/C21H18ClN5O.ClH/c1-13-12-15(4-7-17(13)23)20-26-19-18(24-9-10-25-19)21(28)27(20)11-8-14-2-5-16(22)6-3-14;/h2-7,9-10,12H,8,11,23H2,1H3;1H. The molecule has 6 nitrogen and oxygen atoms in total. The van der Waals surface area contributed by atoms with Crippen molar-refractivity contribution in [3.05, 3.63) is 81.4 Å². The fourth-order valence-electron chi connectivity index (χ4n) is 3.08. The molecule has 0 amide bonds. The number of nitrogen functional groups attached to an aromatic ring is 1. The summed E-state index contributed by atoms with van der Waals surface area (Å²) in [5, 5.41) is 0.682. The normalized spacial score (nSPS) is 10.7. The minimum atomic E-state index is -0.212. The Kier molecular flexibility index (Phi) is 6.15. The van der Waals surface area contributed by atoms with Crippen LogP contribution in [0.15, 0.2) is 59.7 Å². The van der Waals surface area contributed by atoms with Crippen LogP contribution in [0.25, 0.3) is 22.6 Å². The molecule has 0 radical (unpaired) electrons. The summed E-state index contributed by atoms with van der Waals surface area (Å²) in [7, 11) is 0. The van der Waals surface area contributed by atoms with Crippen molar-refractivity contribution >= 4 is 40.9 Å². The predicted octanol–water partition coefficient (Wildman–Crippen LogP) is 4.06. The molecule has 0 aliphatic carbocycles. The molecule has 0 fully saturated rings. The van der Waals surface area contributed by atoms with Crippen molar-refractivity contribution in [3.63, 3.8) is 0 Å². The smallest absolute Gasteiger partial charge is 0.281 e. The van der Waals surface area contributed by atoms with Gasteiger partial charge in [0.05, 0.1) is 0 Å². The molecule has 2 N–H and O–H groups in total. The van der Waals surface area contributed by atoms with E-state index in [1.54, 1.807) is 4.57 Å². The second-order valence-corrected chi connectivity index (χ2v) is 7.01. The third-order valence-corrected chi connectivity index (χ3v) is 4.91. The van der Waals surface area contributed by atoms with Crippen LogP contribution in [0.3, 0.4) is 0 Å². The minimum absolute atomic E-state index is 0. The summed E-state index contributed by atoms with van der Waals surface area (Å²) >= 11 is 5.96. The van der Waals surface area contributed by atoms with E-state index in [1.807, 2.05) is 49.4 Å². The number of rotatable bonds is 4. The lowest BCUT2D eigenvalue weighted by molar-refractivity contribution is 0.669. The number of hydrogen-bond acceptors (Lipinski definition) is 5. The SMILES string of the molecule is Cc1cc(-c2nc3nccnc3c(=O)n2CCc2ccc(Cl)cc2)ccc1N.Cl. The maximum absolute atomic E-state index is 13.1. The van der Waals surface area contributed by atoms with Gasteiger partial charge in [0.25, 0.3) is 5.56 Å². The number of benzene rings is 2. The number of fused-ring (bicyclic) bond motifs is 1. The summed E-state index contributed by atoms with van der Waals surface area (Å²) in [6.07, 6.45) is 3.69. The van der Waals surface area contributed by atoms with Crippen LogP contribution in [0.4, 0.5) is 5.69 Å². The van der Waals surface area contributed by atoms with Gasteiger partial charge in [-0.05, 0) is 54.8 Å². The van der Waals surface area contributed by atoms with Gasteiger partial charge in [-0.1, -0.05) is 23.7 Å². The maximum Gasteiger partial charge on any atom is 0.281 e. The van der Waals surface area contributed by atoms with Crippen molar-refractivity contribution in [1.82, 2.24) is 19.5 Å². The molecule has 0 saturated heterocycles. The monoisotopic (exact) mass is 427 g/mol. The summed E-state index contributed by atoms with van der Waals surface area (Å²) < 4.78 is 1.65. The lowest BCUT2D eigenvalue weighted by Crippen LogP contribution is -2.25. The summed E-state index contributed by atoms with van der Waals surface area (Å²) in [6.45, 7) is 2.38. The molecule has 0 unspecified atom stereocenters. The quantitative estimate of drug-likeness (QED) is 0.496.